The van der Waals surface area contributed by atoms with Crippen LogP contribution in [0.2, 0.25) is 5.02 Å². The molecule has 0 saturated carbocycles. The third-order valence-corrected chi connectivity index (χ3v) is 6.46. The van der Waals surface area contributed by atoms with Gasteiger partial charge >= 0.3 is 0 Å². The molecule has 2 aromatic carbocycles. The molecule has 0 atom stereocenters. The molecule has 168 valence electrons. The standard InChI is InChI=1S/C25H27ClN2O4/c1-17-13-21-20(15-28(16-31-21)8-2-7-27-9-11-30-12-10-27)25-23(17)24(29)22(32-25)14-18-3-5-19(26)6-4-18/h3-6,13-14H,2,7-12,15-16H2,1H3/b22-14-. The molecule has 0 radical (unpaired) electrons. The van der Waals surface area contributed by atoms with E-state index in [0.717, 1.165) is 68.3 Å². The van der Waals surface area contributed by atoms with Gasteiger partial charge in [-0.25, -0.2) is 0 Å². The third-order valence-electron chi connectivity index (χ3n) is 6.21. The van der Waals surface area contributed by atoms with E-state index in [-0.39, 0.29) is 5.78 Å². The van der Waals surface area contributed by atoms with Gasteiger partial charge in [-0.05, 0) is 55.3 Å². The van der Waals surface area contributed by atoms with E-state index in [1.165, 1.54) is 0 Å². The summed E-state index contributed by atoms with van der Waals surface area (Å²) in [5.74, 6) is 1.71. The Balaban J connectivity index is 1.32. The second kappa shape index (κ2) is 9.24. The van der Waals surface area contributed by atoms with Crippen LogP contribution in [0, 0.1) is 6.92 Å². The number of Topliss-reactive ketones (excluding diaryl/α,β-unsaturated/α-hetero) is 1. The normalized spacial score (nSPS) is 20.1. The van der Waals surface area contributed by atoms with Crippen molar-refractivity contribution < 1.29 is 19.0 Å². The Kier molecular flexibility index (Phi) is 6.20. The molecule has 0 bridgehead atoms. The average molecular weight is 455 g/mol. The topological polar surface area (TPSA) is 51.2 Å². The van der Waals surface area contributed by atoms with Crippen LogP contribution in [-0.4, -0.2) is 61.7 Å². The minimum absolute atomic E-state index is 0.0836. The molecule has 32 heavy (non-hydrogen) atoms. The SMILES string of the molecule is Cc1cc2c(c3c1C(=O)/C(=C/c1ccc(Cl)cc1)O3)CN(CCCN1CCOCC1)CO2. The lowest BCUT2D eigenvalue weighted by Gasteiger charge is -2.31. The average Bonchev–Trinajstić information content (AvgIpc) is 3.13. The Labute approximate surface area is 193 Å². The van der Waals surface area contributed by atoms with Crippen LogP contribution in [0.5, 0.6) is 11.5 Å². The molecule has 6 nitrogen and oxygen atoms in total. The first-order chi connectivity index (χ1) is 15.6. The molecular weight excluding hydrogens is 428 g/mol. The molecule has 3 aliphatic heterocycles. The van der Waals surface area contributed by atoms with Crippen molar-refractivity contribution in [3.8, 4) is 11.5 Å². The number of morpholine rings is 1. The molecule has 1 saturated heterocycles. The van der Waals surface area contributed by atoms with Crippen LogP contribution in [0.1, 0.15) is 33.5 Å². The quantitative estimate of drug-likeness (QED) is 0.633. The van der Waals surface area contributed by atoms with E-state index in [9.17, 15) is 4.79 Å². The number of fused-ring (bicyclic) bond motifs is 3. The van der Waals surface area contributed by atoms with Crippen molar-refractivity contribution in [2.24, 2.45) is 0 Å². The molecule has 0 spiro atoms. The van der Waals surface area contributed by atoms with Crippen LogP contribution < -0.4 is 9.47 Å². The number of rotatable bonds is 5. The van der Waals surface area contributed by atoms with Gasteiger partial charge in [0.2, 0.25) is 5.78 Å². The minimum Gasteiger partial charge on any atom is -0.478 e. The molecule has 5 rings (SSSR count). The van der Waals surface area contributed by atoms with Crippen molar-refractivity contribution in [3.05, 3.63) is 63.4 Å². The summed E-state index contributed by atoms with van der Waals surface area (Å²) in [6, 6.07) is 9.31. The van der Waals surface area contributed by atoms with Crippen LogP contribution in [0.15, 0.2) is 36.1 Å². The van der Waals surface area contributed by atoms with Gasteiger partial charge in [-0.15, -0.1) is 0 Å². The van der Waals surface area contributed by atoms with Gasteiger partial charge in [0.05, 0.1) is 24.3 Å². The maximum Gasteiger partial charge on any atom is 0.232 e. The molecule has 0 unspecified atom stereocenters. The van der Waals surface area contributed by atoms with Crippen molar-refractivity contribution in [2.45, 2.75) is 19.9 Å². The number of benzene rings is 2. The smallest absolute Gasteiger partial charge is 0.232 e. The van der Waals surface area contributed by atoms with Gasteiger partial charge in [0.15, 0.2) is 5.76 Å². The Morgan fingerprint density at radius 1 is 1.09 bits per heavy atom. The summed E-state index contributed by atoms with van der Waals surface area (Å²) >= 11 is 5.98. The molecule has 1 fully saturated rings. The highest BCUT2D eigenvalue weighted by molar-refractivity contribution is 6.30. The van der Waals surface area contributed by atoms with Crippen molar-refractivity contribution in [2.75, 3.05) is 46.1 Å². The number of nitrogens with zero attached hydrogens (tertiary/aromatic N) is 2. The highest BCUT2D eigenvalue weighted by Crippen LogP contribution is 2.44. The Bertz CT molecular complexity index is 1040. The van der Waals surface area contributed by atoms with Crippen LogP contribution in [0.4, 0.5) is 0 Å². The fourth-order valence-electron chi connectivity index (χ4n) is 4.47. The van der Waals surface area contributed by atoms with Gasteiger partial charge in [0, 0.05) is 31.2 Å². The highest BCUT2D eigenvalue weighted by atomic mass is 35.5. The molecule has 0 N–H and O–H groups in total. The van der Waals surface area contributed by atoms with Gasteiger partial charge in [-0.3, -0.25) is 14.6 Å². The summed E-state index contributed by atoms with van der Waals surface area (Å²) in [6.45, 7) is 8.84. The molecule has 0 amide bonds. The van der Waals surface area contributed by atoms with Crippen LogP contribution in [0.3, 0.4) is 0 Å². The summed E-state index contributed by atoms with van der Waals surface area (Å²) in [4.78, 5) is 17.8. The van der Waals surface area contributed by atoms with Gasteiger partial charge in [-0.2, -0.15) is 0 Å². The van der Waals surface area contributed by atoms with E-state index in [2.05, 4.69) is 9.80 Å². The Hall–Kier alpha value is -2.38. The van der Waals surface area contributed by atoms with Crippen LogP contribution in [-0.2, 0) is 11.3 Å². The lowest BCUT2D eigenvalue weighted by molar-refractivity contribution is 0.0329. The molecule has 0 aromatic heterocycles. The zero-order valence-corrected chi connectivity index (χ0v) is 19.0. The monoisotopic (exact) mass is 454 g/mol. The van der Waals surface area contributed by atoms with Gasteiger partial charge < -0.3 is 14.2 Å². The van der Waals surface area contributed by atoms with E-state index in [4.69, 9.17) is 25.8 Å². The molecule has 7 heteroatoms. The largest absolute Gasteiger partial charge is 0.478 e. The fourth-order valence-corrected chi connectivity index (χ4v) is 4.60. The number of allylic oxidation sites excluding steroid dienone is 1. The van der Waals surface area contributed by atoms with Gasteiger partial charge in [0.25, 0.3) is 0 Å². The molecule has 3 aliphatic rings. The Morgan fingerprint density at radius 2 is 1.84 bits per heavy atom. The van der Waals surface area contributed by atoms with Crippen molar-refractivity contribution in [1.29, 1.82) is 0 Å². The number of ether oxygens (including phenoxy) is 3. The third kappa shape index (κ3) is 4.41. The fraction of sp³-hybridized carbons (Fsp3) is 0.400. The Morgan fingerprint density at radius 3 is 2.62 bits per heavy atom. The summed E-state index contributed by atoms with van der Waals surface area (Å²) in [6.07, 6.45) is 2.84. The number of ketones is 1. The van der Waals surface area contributed by atoms with Crippen molar-refractivity contribution in [3.63, 3.8) is 0 Å². The zero-order valence-electron chi connectivity index (χ0n) is 18.2. The van der Waals surface area contributed by atoms with Crippen molar-refractivity contribution in [1.82, 2.24) is 9.80 Å². The second-order valence-corrected chi connectivity index (χ2v) is 8.94. The number of carbonyl (C=O) groups excluding carboxylic acids is 1. The van der Waals surface area contributed by atoms with E-state index in [1.54, 1.807) is 18.2 Å². The first kappa shape index (κ1) is 21.5. The molecular formula is C25H27ClN2O4. The maximum atomic E-state index is 13.1. The minimum atomic E-state index is -0.0836. The van der Waals surface area contributed by atoms with Crippen LogP contribution in [0.25, 0.3) is 6.08 Å². The predicted octanol–water partition coefficient (Wildman–Crippen LogP) is 4.14. The molecule has 2 aromatic rings. The number of hydrogen-bond acceptors (Lipinski definition) is 6. The van der Waals surface area contributed by atoms with E-state index < -0.39 is 0 Å². The van der Waals surface area contributed by atoms with Gasteiger partial charge in [-0.1, -0.05) is 23.7 Å². The first-order valence-electron chi connectivity index (χ1n) is 11.1. The predicted molar refractivity (Wildman–Crippen MR) is 123 cm³/mol. The number of hydrogen-bond donors (Lipinski definition) is 0. The summed E-state index contributed by atoms with van der Waals surface area (Å²) in [5.41, 5.74) is 3.35. The second-order valence-electron chi connectivity index (χ2n) is 8.50. The summed E-state index contributed by atoms with van der Waals surface area (Å²) < 4.78 is 17.6. The number of halogens is 1. The maximum absolute atomic E-state index is 13.1. The van der Waals surface area contributed by atoms with Crippen LogP contribution >= 0.6 is 11.6 Å². The lowest BCUT2D eigenvalue weighted by atomic mass is 9.98. The van der Waals surface area contributed by atoms with Crippen molar-refractivity contribution >= 4 is 23.5 Å². The van der Waals surface area contributed by atoms with E-state index >= 15 is 0 Å². The van der Waals surface area contributed by atoms with Gasteiger partial charge in [0.1, 0.15) is 18.2 Å². The lowest BCUT2D eigenvalue weighted by Crippen LogP contribution is -2.39. The molecule has 3 heterocycles. The van der Waals surface area contributed by atoms with E-state index in [0.29, 0.717) is 35.4 Å². The summed E-state index contributed by atoms with van der Waals surface area (Å²) in [7, 11) is 0. The highest BCUT2D eigenvalue weighted by Gasteiger charge is 2.35. The zero-order chi connectivity index (χ0) is 22.1. The number of carbonyl (C=O) groups is 1. The van der Waals surface area contributed by atoms with E-state index in [1.807, 2.05) is 25.1 Å². The number of aryl methyl sites for hydroxylation is 1. The summed E-state index contributed by atoms with van der Waals surface area (Å²) in [5, 5.41) is 0.657. The molecule has 0 aliphatic carbocycles. The first-order valence-corrected chi connectivity index (χ1v) is 11.5.